The van der Waals surface area contributed by atoms with Crippen molar-refractivity contribution in [2.24, 2.45) is 0 Å². The second-order valence-electron chi connectivity index (χ2n) is 4.35. The first kappa shape index (κ1) is 12.3. The van der Waals surface area contributed by atoms with Crippen LogP contribution in [0.4, 0.5) is 5.69 Å². The zero-order valence-corrected chi connectivity index (χ0v) is 11.0. The highest BCUT2D eigenvalue weighted by Crippen LogP contribution is 2.21. The number of hydrogen-bond donors (Lipinski definition) is 1. The van der Waals surface area contributed by atoms with Gasteiger partial charge in [0.15, 0.2) is 5.82 Å². The molecule has 2 aromatic rings. The van der Waals surface area contributed by atoms with E-state index < -0.39 is 0 Å². The minimum Gasteiger partial charge on any atom is -0.473 e. The second-order valence-corrected chi connectivity index (χ2v) is 4.35. The Morgan fingerprint density at radius 2 is 1.94 bits per heavy atom. The van der Waals surface area contributed by atoms with E-state index >= 15 is 0 Å². The number of pyridine rings is 1. The van der Waals surface area contributed by atoms with E-state index in [2.05, 4.69) is 15.1 Å². The van der Waals surface area contributed by atoms with Crippen LogP contribution >= 0.6 is 0 Å². The Labute approximate surface area is 106 Å². The minimum atomic E-state index is 0.0219. The van der Waals surface area contributed by atoms with E-state index in [9.17, 15) is 0 Å². The number of aryl methyl sites for hydroxylation is 2. The van der Waals surface area contributed by atoms with Gasteiger partial charge in [-0.25, -0.2) is 4.98 Å². The van der Waals surface area contributed by atoms with Crippen molar-refractivity contribution >= 4 is 5.69 Å². The van der Waals surface area contributed by atoms with Crippen molar-refractivity contribution in [3.8, 4) is 11.7 Å². The molecule has 0 aromatic carbocycles. The van der Waals surface area contributed by atoms with Gasteiger partial charge in [0.2, 0.25) is 5.88 Å². The third-order valence-electron chi connectivity index (χ3n) is 2.31. The van der Waals surface area contributed by atoms with Crippen LogP contribution in [-0.4, -0.2) is 25.9 Å². The quantitative estimate of drug-likeness (QED) is 0.892. The molecule has 0 saturated heterocycles. The van der Waals surface area contributed by atoms with Gasteiger partial charge in [-0.15, -0.1) is 5.10 Å². The van der Waals surface area contributed by atoms with Crippen LogP contribution in [0.3, 0.4) is 0 Å². The van der Waals surface area contributed by atoms with Gasteiger partial charge in [-0.1, -0.05) is 0 Å². The first-order chi connectivity index (χ1) is 8.47. The third kappa shape index (κ3) is 2.42. The first-order valence-electron chi connectivity index (χ1n) is 5.81. The Bertz CT molecular complexity index is 562. The number of aromatic nitrogens is 4. The standard InChI is InChI=1S/C12H17N5O/c1-7(2)18-12-10(13)5-6-11(15-12)17-9(4)14-8(3)16-17/h5-7H,13H2,1-4H3. The molecule has 0 atom stereocenters. The Morgan fingerprint density at radius 1 is 1.22 bits per heavy atom. The summed E-state index contributed by atoms with van der Waals surface area (Å²) in [7, 11) is 0. The van der Waals surface area contributed by atoms with E-state index in [4.69, 9.17) is 10.5 Å². The first-order valence-corrected chi connectivity index (χ1v) is 5.81. The van der Waals surface area contributed by atoms with E-state index in [1.165, 1.54) is 0 Å². The summed E-state index contributed by atoms with van der Waals surface area (Å²) in [5, 5.41) is 4.28. The van der Waals surface area contributed by atoms with Gasteiger partial charge < -0.3 is 10.5 Å². The molecule has 0 spiro atoms. The Hall–Kier alpha value is -2.11. The normalized spacial score (nSPS) is 10.9. The van der Waals surface area contributed by atoms with Crippen LogP contribution in [0.5, 0.6) is 5.88 Å². The van der Waals surface area contributed by atoms with Gasteiger partial charge in [0.05, 0.1) is 11.8 Å². The van der Waals surface area contributed by atoms with Gasteiger partial charge in [0.1, 0.15) is 11.6 Å². The molecule has 0 aliphatic heterocycles. The average Bonchev–Trinajstić information content (AvgIpc) is 2.60. The highest BCUT2D eigenvalue weighted by atomic mass is 16.5. The monoisotopic (exact) mass is 247 g/mol. The maximum atomic E-state index is 5.83. The number of nitrogen functional groups attached to an aromatic ring is 1. The number of rotatable bonds is 3. The summed E-state index contributed by atoms with van der Waals surface area (Å²) in [6, 6.07) is 3.56. The summed E-state index contributed by atoms with van der Waals surface area (Å²) >= 11 is 0. The van der Waals surface area contributed by atoms with Gasteiger partial charge in [-0.3, -0.25) is 0 Å². The van der Waals surface area contributed by atoms with Gasteiger partial charge in [0.25, 0.3) is 0 Å². The molecule has 0 aliphatic carbocycles. The van der Waals surface area contributed by atoms with Crippen molar-refractivity contribution in [3.05, 3.63) is 23.8 Å². The molecular formula is C12H17N5O. The number of anilines is 1. The molecule has 0 saturated carbocycles. The summed E-state index contributed by atoms with van der Waals surface area (Å²) in [5.41, 5.74) is 6.34. The van der Waals surface area contributed by atoms with Crippen molar-refractivity contribution < 1.29 is 4.74 Å². The lowest BCUT2D eigenvalue weighted by Crippen LogP contribution is -2.11. The van der Waals surface area contributed by atoms with Crippen LogP contribution in [0.25, 0.3) is 5.82 Å². The van der Waals surface area contributed by atoms with Crippen molar-refractivity contribution in [2.75, 3.05) is 5.73 Å². The van der Waals surface area contributed by atoms with Crippen LogP contribution in [0.15, 0.2) is 12.1 Å². The molecule has 2 aromatic heterocycles. The molecule has 2 heterocycles. The van der Waals surface area contributed by atoms with Crippen LogP contribution in [-0.2, 0) is 0 Å². The van der Waals surface area contributed by atoms with Gasteiger partial charge in [-0.2, -0.15) is 9.67 Å². The number of nitrogens with zero attached hydrogens (tertiary/aromatic N) is 4. The van der Waals surface area contributed by atoms with Crippen LogP contribution < -0.4 is 10.5 Å². The topological polar surface area (TPSA) is 78.9 Å². The predicted molar refractivity (Wildman–Crippen MR) is 68.8 cm³/mol. The molecular weight excluding hydrogens is 230 g/mol. The van der Waals surface area contributed by atoms with Crippen LogP contribution in [0.1, 0.15) is 25.5 Å². The second kappa shape index (κ2) is 4.64. The van der Waals surface area contributed by atoms with E-state index in [1.54, 1.807) is 16.8 Å². The zero-order valence-electron chi connectivity index (χ0n) is 11.0. The molecule has 2 N–H and O–H groups in total. The summed E-state index contributed by atoms with van der Waals surface area (Å²) < 4.78 is 7.22. The lowest BCUT2D eigenvalue weighted by atomic mass is 10.4. The van der Waals surface area contributed by atoms with Gasteiger partial charge in [-0.05, 0) is 39.8 Å². The molecule has 0 bridgehead atoms. The third-order valence-corrected chi connectivity index (χ3v) is 2.31. The average molecular weight is 247 g/mol. The summed E-state index contributed by atoms with van der Waals surface area (Å²) in [6.45, 7) is 7.57. The van der Waals surface area contributed by atoms with E-state index in [0.717, 1.165) is 5.82 Å². The highest BCUT2D eigenvalue weighted by molar-refractivity contribution is 5.50. The molecule has 2 rings (SSSR count). The minimum absolute atomic E-state index is 0.0219. The highest BCUT2D eigenvalue weighted by Gasteiger charge is 2.10. The maximum Gasteiger partial charge on any atom is 0.239 e. The van der Waals surface area contributed by atoms with E-state index in [1.807, 2.05) is 27.7 Å². The van der Waals surface area contributed by atoms with Crippen molar-refractivity contribution in [1.29, 1.82) is 0 Å². The summed E-state index contributed by atoms with van der Waals surface area (Å²) in [5.74, 6) is 2.56. The Morgan fingerprint density at radius 3 is 2.50 bits per heavy atom. The zero-order chi connectivity index (χ0) is 13.3. The fraction of sp³-hybridized carbons (Fsp3) is 0.417. The molecule has 0 radical (unpaired) electrons. The Kier molecular flexibility index (Phi) is 3.18. The molecule has 0 amide bonds. The van der Waals surface area contributed by atoms with Crippen LogP contribution in [0.2, 0.25) is 0 Å². The molecule has 6 heteroatoms. The van der Waals surface area contributed by atoms with E-state index in [-0.39, 0.29) is 6.10 Å². The number of hydrogen-bond acceptors (Lipinski definition) is 5. The fourth-order valence-electron chi connectivity index (χ4n) is 1.62. The lowest BCUT2D eigenvalue weighted by molar-refractivity contribution is 0.234. The SMILES string of the molecule is Cc1nc(C)n(-c2ccc(N)c(OC(C)C)n2)n1. The van der Waals surface area contributed by atoms with Gasteiger partial charge >= 0.3 is 0 Å². The lowest BCUT2D eigenvalue weighted by Gasteiger charge is -2.12. The number of nitrogens with two attached hydrogens (primary N) is 1. The molecule has 6 nitrogen and oxygen atoms in total. The van der Waals surface area contributed by atoms with Crippen molar-refractivity contribution in [1.82, 2.24) is 19.7 Å². The Balaban J connectivity index is 2.43. The van der Waals surface area contributed by atoms with Crippen molar-refractivity contribution in [3.63, 3.8) is 0 Å². The molecule has 0 aliphatic rings. The maximum absolute atomic E-state index is 5.83. The van der Waals surface area contributed by atoms with E-state index in [0.29, 0.717) is 23.2 Å². The largest absolute Gasteiger partial charge is 0.473 e. The molecule has 96 valence electrons. The smallest absolute Gasteiger partial charge is 0.239 e. The number of ether oxygens (including phenoxy) is 1. The summed E-state index contributed by atoms with van der Waals surface area (Å²) in [4.78, 5) is 8.61. The molecule has 0 unspecified atom stereocenters. The van der Waals surface area contributed by atoms with Crippen LogP contribution in [0, 0.1) is 13.8 Å². The van der Waals surface area contributed by atoms with Gasteiger partial charge in [0, 0.05) is 0 Å². The molecule has 18 heavy (non-hydrogen) atoms. The predicted octanol–water partition coefficient (Wildman–Crippen LogP) is 1.65. The molecule has 0 fully saturated rings. The van der Waals surface area contributed by atoms with Crippen molar-refractivity contribution in [2.45, 2.75) is 33.8 Å². The summed E-state index contributed by atoms with van der Waals surface area (Å²) in [6.07, 6.45) is 0.0219. The fourth-order valence-corrected chi connectivity index (χ4v) is 1.62.